The van der Waals surface area contributed by atoms with Crippen LogP contribution in [0.2, 0.25) is 0 Å². The van der Waals surface area contributed by atoms with E-state index in [0.29, 0.717) is 67.0 Å². The zero-order chi connectivity index (χ0) is 21.8. The predicted molar refractivity (Wildman–Crippen MR) is 118 cm³/mol. The number of ketones is 2. The molecule has 0 bridgehead atoms. The molecular formula is C25H26N2O4. The lowest BCUT2D eigenvalue weighted by Crippen LogP contribution is -2.27. The normalized spacial score (nSPS) is 21.8. The Balaban J connectivity index is 1.57. The Hall–Kier alpha value is -3.28. The monoisotopic (exact) mass is 418 g/mol. The van der Waals surface area contributed by atoms with Crippen LogP contribution in [0, 0.1) is 0 Å². The Bertz CT molecular complexity index is 1060. The maximum absolute atomic E-state index is 13.0. The largest absolute Gasteiger partial charge is 0.511 e. The van der Waals surface area contributed by atoms with E-state index >= 15 is 0 Å². The maximum atomic E-state index is 13.0. The second-order valence-electron chi connectivity index (χ2n) is 8.04. The number of benzene rings is 1. The minimum Gasteiger partial charge on any atom is -0.511 e. The van der Waals surface area contributed by atoms with E-state index in [1.165, 1.54) is 0 Å². The van der Waals surface area contributed by atoms with Crippen molar-refractivity contribution in [3.8, 4) is 0 Å². The molecule has 1 fully saturated rings. The zero-order valence-corrected chi connectivity index (χ0v) is 17.5. The van der Waals surface area contributed by atoms with Gasteiger partial charge in [0.1, 0.15) is 11.5 Å². The molecule has 160 valence electrons. The molecule has 6 nitrogen and oxygen atoms in total. The first-order valence-electron chi connectivity index (χ1n) is 10.7. The molecule has 0 amide bonds. The third kappa shape index (κ3) is 4.43. The summed E-state index contributed by atoms with van der Waals surface area (Å²) in [6.07, 6.45) is 5.10. The number of aromatic nitrogens is 1. The molecule has 1 aromatic heterocycles. The van der Waals surface area contributed by atoms with Gasteiger partial charge in [0.25, 0.3) is 0 Å². The molecule has 0 saturated heterocycles. The first kappa shape index (κ1) is 21.0. The second kappa shape index (κ2) is 9.25. The smallest absolute Gasteiger partial charge is 0.168 e. The van der Waals surface area contributed by atoms with Crippen molar-refractivity contribution in [3.05, 3.63) is 76.9 Å². The van der Waals surface area contributed by atoms with Gasteiger partial charge in [0, 0.05) is 37.8 Å². The first-order chi connectivity index (χ1) is 15.1. The molecule has 1 aromatic carbocycles. The fraction of sp³-hybridized carbons (Fsp3) is 0.360. The summed E-state index contributed by atoms with van der Waals surface area (Å²) in [7, 11) is 0. The molecule has 2 aliphatic carbocycles. The van der Waals surface area contributed by atoms with E-state index in [-0.39, 0.29) is 29.7 Å². The number of hydrogen-bond acceptors (Lipinski definition) is 6. The standard InChI is InChI=1S/C25H26N2O4/c1-2-13-26-19-14-17(16-7-4-3-5-8-16)15-22(30)24(19)21(29)12-11-18-25-20(28)9-6-10-23(25)31-27-18/h2-5,7-8,17,29H,1,6,9-15H2/b24-21+,26-19?. The summed E-state index contributed by atoms with van der Waals surface area (Å²) in [5, 5.41) is 14.9. The van der Waals surface area contributed by atoms with E-state index in [0.717, 1.165) is 12.0 Å². The van der Waals surface area contributed by atoms with Gasteiger partial charge in [-0.1, -0.05) is 41.6 Å². The Morgan fingerprint density at radius 3 is 2.77 bits per heavy atom. The van der Waals surface area contributed by atoms with Crippen molar-refractivity contribution >= 4 is 17.3 Å². The van der Waals surface area contributed by atoms with E-state index in [2.05, 4.69) is 16.7 Å². The highest BCUT2D eigenvalue weighted by molar-refractivity contribution is 6.24. The summed E-state index contributed by atoms with van der Waals surface area (Å²) in [6.45, 7) is 4.09. The van der Waals surface area contributed by atoms with Crippen LogP contribution >= 0.6 is 0 Å². The van der Waals surface area contributed by atoms with Crippen molar-refractivity contribution in [1.29, 1.82) is 0 Å². The number of Topliss-reactive ketones (excluding diaryl/α,β-unsaturated/α-hetero) is 2. The van der Waals surface area contributed by atoms with Crippen LogP contribution in [0.5, 0.6) is 0 Å². The number of fused-ring (bicyclic) bond motifs is 1. The van der Waals surface area contributed by atoms with Crippen LogP contribution < -0.4 is 0 Å². The van der Waals surface area contributed by atoms with Crippen LogP contribution in [0.15, 0.2) is 63.8 Å². The third-order valence-corrected chi connectivity index (χ3v) is 5.93. The number of aliphatic hydroxyl groups is 1. The van der Waals surface area contributed by atoms with Crippen molar-refractivity contribution < 1.29 is 19.2 Å². The second-order valence-corrected chi connectivity index (χ2v) is 8.04. The number of allylic oxidation sites excluding steroid dienone is 2. The van der Waals surface area contributed by atoms with E-state index in [9.17, 15) is 14.7 Å². The van der Waals surface area contributed by atoms with Gasteiger partial charge >= 0.3 is 0 Å². The lowest BCUT2D eigenvalue weighted by molar-refractivity contribution is -0.116. The number of aliphatic imine (C=N–C) groups is 1. The number of hydrogen-bond donors (Lipinski definition) is 1. The molecule has 2 aliphatic rings. The van der Waals surface area contributed by atoms with Crippen LogP contribution in [0.4, 0.5) is 0 Å². The number of rotatable bonds is 6. The summed E-state index contributed by atoms with van der Waals surface area (Å²) in [5.41, 5.74) is 3.12. The Kier molecular flexibility index (Phi) is 6.26. The summed E-state index contributed by atoms with van der Waals surface area (Å²) in [4.78, 5) is 29.8. The van der Waals surface area contributed by atoms with E-state index in [4.69, 9.17) is 4.52 Å². The Morgan fingerprint density at radius 2 is 2.00 bits per heavy atom. The predicted octanol–water partition coefficient (Wildman–Crippen LogP) is 4.71. The van der Waals surface area contributed by atoms with E-state index in [1.54, 1.807) is 6.08 Å². The molecule has 4 rings (SSSR count). The lowest BCUT2D eigenvalue weighted by Gasteiger charge is -2.26. The number of carbonyl (C=O) groups is 2. The van der Waals surface area contributed by atoms with Crippen molar-refractivity contribution in [3.63, 3.8) is 0 Å². The summed E-state index contributed by atoms with van der Waals surface area (Å²) < 4.78 is 5.32. The molecule has 1 heterocycles. The fourth-order valence-corrected chi connectivity index (χ4v) is 4.42. The number of aliphatic hydroxyl groups excluding tert-OH is 1. The van der Waals surface area contributed by atoms with Crippen LogP contribution in [-0.4, -0.2) is 34.1 Å². The van der Waals surface area contributed by atoms with Crippen molar-refractivity contribution in [2.75, 3.05) is 6.54 Å². The highest BCUT2D eigenvalue weighted by atomic mass is 16.5. The van der Waals surface area contributed by atoms with Gasteiger partial charge in [-0.15, -0.1) is 6.58 Å². The average Bonchev–Trinajstić information content (AvgIpc) is 3.20. The van der Waals surface area contributed by atoms with Crippen LogP contribution in [0.3, 0.4) is 0 Å². The van der Waals surface area contributed by atoms with E-state index in [1.807, 2.05) is 30.3 Å². The lowest BCUT2D eigenvalue weighted by atomic mass is 9.78. The van der Waals surface area contributed by atoms with E-state index < -0.39 is 0 Å². The van der Waals surface area contributed by atoms with Crippen LogP contribution in [0.1, 0.15) is 65.4 Å². The summed E-state index contributed by atoms with van der Waals surface area (Å²) >= 11 is 0. The van der Waals surface area contributed by atoms with Gasteiger partial charge in [0.05, 0.1) is 23.4 Å². The molecule has 31 heavy (non-hydrogen) atoms. The number of carbonyl (C=O) groups excluding carboxylic acids is 2. The molecule has 6 heteroatoms. The number of nitrogens with zero attached hydrogens (tertiary/aromatic N) is 2. The topological polar surface area (TPSA) is 92.8 Å². The quantitative estimate of drug-likeness (QED) is 0.417. The molecule has 0 radical (unpaired) electrons. The minimum atomic E-state index is -0.112. The Morgan fingerprint density at radius 1 is 1.19 bits per heavy atom. The molecule has 1 atom stereocenters. The maximum Gasteiger partial charge on any atom is 0.168 e. The zero-order valence-electron chi connectivity index (χ0n) is 17.5. The molecule has 1 N–H and O–H groups in total. The van der Waals surface area contributed by atoms with Gasteiger partial charge in [0.15, 0.2) is 11.6 Å². The highest BCUT2D eigenvalue weighted by Crippen LogP contribution is 2.34. The first-order valence-corrected chi connectivity index (χ1v) is 10.7. The van der Waals surface area contributed by atoms with Gasteiger partial charge in [0.2, 0.25) is 0 Å². The number of aryl methyl sites for hydroxylation is 2. The average molecular weight is 418 g/mol. The van der Waals surface area contributed by atoms with Gasteiger partial charge in [-0.3, -0.25) is 14.6 Å². The van der Waals surface area contributed by atoms with Gasteiger partial charge in [-0.2, -0.15) is 0 Å². The molecule has 0 spiro atoms. The molecule has 1 unspecified atom stereocenters. The van der Waals surface area contributed by atoms with Gasteiger partial charge < -0.3 is 9.63 Å². The SMILES string of the molecule is C=CCN=C1CC(c2ccccc2)CC(=O)/C1=C(/O)CCc1noc2c1C(=O)CCC2. The summed E-state index contributed by atoms with van der Waals surface area (Å²) in [6, 6.07) is 9.91. The van der Waals surface area contributed by atoms with Crippen molar-refractivity contribution in [2.45, 2.75) is 50.9 Å². The molecule has 1 saturated carbocycles. The van der Waals surface area contributed by atoms with Gasteiger partial charge in [-0.05, 0) is 24.3 Å². The fourth-order valence-electron chi connectivity index (χ4n) is 4.42. The molecular weight excluding hydrogens is 392 g/mol. The molecule has 0 aliphatic heterocycles. The van der Waals surface area contributed by atoms with Crippen molar-refractivity contribution in [2.24, 2.45) is 4.99 Å². The summed E-state index contributed by atoms with van der Waals surface area (Å²) in [5.74, 6) is 0.593. The van der Waals surface area contributed by atoms with Crippen LogP contribution in [-0.2, 0) is 17.6 Å². The Labute approximate surface area is 181 Å². The van der Waals surface area contributed by atoms with Crippen LogP contribution in [0.25, 0.3) is 0 Å². The van der Waals surface area contributed by atoms with Gasteiger partial charge in [-0.25, -0.2) is 0 Å². The van der Waals surface area contributed by atoms with Crippen molar-refractivity contribution in [1.82, 2.24) is 5.16 Å². The third-order valence-electron chi connectivity index (χ3n) is 5.93. The minimum absolute atomic E-state index is 0.000618. The molecule has 2 aromatic rings. The highest BCUT2D eigenvalue weighted by Gasteiger charge is 2.32.